The molecule has 0 bridgehead atoms. The molecule has 1 aromatic rings. The van der Waals surface area contributed by atoms with Gasteiger partial charge in [-0.05, 0) is 45.6 Å². The maximum atomic E-state index is 14.4. The predicted molar refractivity (Wildman–Crippen MR) is 117 cm³/mol. The molecule has 3 rings (SSSR count). The highest BCUT2D eigenvalue weighted by atomic mass is 19.4. The van der Waals surface area contributed by atoms with Crippen molar-refractivity contribution in [1.29, 1.82) is 0 Å². The molecule has 1 amide bonds. The van der Waals surface area contributed by atoms with E-state index >= 15 is 0 Å². The van der Waals surface area contributed by atoms with Gasteiger partial charge in [0.1, 0.15) is 11.6 Å². The number of rotatable bonds is 4. The molecule has 0 spiro atoms. The summed E-state index contributed by atoms with van der Waals surface area (Å²) in [5.41, 5.74) is -1.15. The molecule has 8 nitrogen and oxygen atoms in total. The quantitative estimate of drug-likeness (QED) is 0.353. The molecule has 190 valence electrons. The van der Waals surface area contributed by atoms with Crippen LogP contribution in [-0.2, 0) is 4.74 Å². The minimum absolute atomic E-state index is 0.00815. The highest BCUT2D eigenvalue weighted by Gasteiger charge is 2.47. The fraction of sp³-hybridized carbons (Fsp3) is 0.682. The summed E-state index contributed by atoms with van der Waals surface area (Å²) in [5.74, 6) is -0.927. The van der Waals surface area contributed by atoms with Gasteiger partial charge in [0.05, 0.1) is 16.7 Å². The third-order valence-electron chi connectivity index (χ3n) is 6.11. The van der Waals surface area contributed by atoms with E-state index in [1.165, 1.54) is 9.80 Å². The number of benzene rings is 1. The number of halogens is 4. The van der Waals surface area contributed by atoms with E-state index in [-0.39, 0.29) is 31.2 Å². The molecule has 2 saturated heterocycles. The number of carbonyl (C=O) groups is 1. The van der Waals surface area contributed by atoms with Gasteiger partial charge in [0.2, 0.25) is 0 Å². The van der Waals surface area contributed by atoms with Gasteiger partial charge < -0.3 is 14.5 Å². The highest BCUT2D eigenvalue weighted by molar-refractivity contribution is 5.68. The number of hydrogen-bond acceptors (Lipinski definition) is 6. The topological polar surface area (TPSA) is 79.2 Å². The number of nitrogens with zero attached hydrogens (tertiary/aromatic N) is 4. The maximum Gasteiger partial charge on any atom is 0.410 e. The molecule has 1 atom stereocenters. The van der Waals surface area contributed by atoms with Crippen LogP contribution in [0.3, 0.4) is 0 Å². The van der Waals surface area contributed by atoms with Crippen LogP contribution in [0.5, 0.6) is 0 Å². The van der Waals surface area contributed by atoms with Crippen LogP contribution in [0.2, 0.25) is 0 Å². The number of non-ortho nitro benzene ring substituents is 1. The lowest BCUT2D eigenvalue weighted by molar-refractivity contribution is -0.385. The average Bonchev–Trinajstić information content (AvgIpc) is 2.72. The molecule has 0 saturated carbocycles. The maximum absolute atomic E-state index is 14.4. The molecular formula is C22H30F4N4O4. The Bertz CT molecular complexity index is 898. The minimum atomic E-state index is -4.52. The second-order valence-electron chi connectivity index (χ2n) is 9.80. The van der Waals surface area contributed by atoms with Crippen LogP contribution in [-0.4, -0.2) is 77.9 Å². The van der Waals surface area contributed by atoms with E-state index < -0.39 is 46.9 Å². The number of carbonyl (C=O) groups excluding carboxylic acids is 1. The van der Waals surface area contributed by atoms with Crippen molar-refractivity contribution in [3.8, 4) is 0 Å². The number of anilines is 1. The first kappa shape index (κ1) is 26.0. The highest BCUT2D eigenvalue weighted by Crippen LogP contribution is 2.33. The first-order valence-corrected chi connectivity index (χ1v) is 11.2. The van der Waals surface area contributed by atoms with Gasteiger partial charge in [-0.1, -0.05) is 0 Å². The molecule has 2 fully saturated rings. The van der Waals surface area contributed by atoms with Crippen LogP contribution >= 0.6 is 0 Å². The van der Waals surface area contributed by atoms with Gasteiger partial charge in [0, 0.05) is 45.3 Å². The zero-order chi connectivity index (χ0) is 25.3. The fourth-order valence-electron chi connectivity index (χ4n) is 4.39. The van der Waals surface area contributed by atoms with E-state index in [4.69, 9.17) is 4.74 Å². The van der Waals surface area contributed by atoms with E-state index in [0.29, 0.717) is 25.9 Å². The van der Waals surface area contributed by atoms with Crippen LogP contribution < -0.4 is 4.90 Å². The molecule has 0 N–H and O–H groups in total. The number of amides is 1. The Morgan fingerprint density at radius 3 is 2.32 bits per heavy atom. The molecule has 0 aliphatic carbocycles. The second kappa shape index (κ2) is 9.93. The van der Waals surface area contributed by atoms with Gasteiger partial charge in [-0.15, -0.1) is 0 Å². The molecule has 0 aromatic heterocycles. The molecule has 12 heteroatoms. The summed E-state index contributed by atoms with van der Waals surface area (Å²) in [5, 5.41) is 10.8. The summed E-state index contributed by atoms with van der Waals surface area (Å²) < 4.78 is 61.5. The van der Waals surface area contributed by atoms with E-state index in [9.17, 15) is 32.5 Å². The summed E-state index contributed by atoms with van der Waals surface area (Å²) in [6.07, 6.45) is -3.80. The number of likely N-dealkylation sites (tertiary alicyclic amines) is 1. The van der Waals surface area contributed by atoms with Gasteiger partial charge in [0.25, 0.3) is 5.69 Å². The third kappa shape index (κ3) is 6.49. The molecule has 2 heterocycles. The van der Waals surface area contributed by atoms with Crippen LogP contribution in [0.1, 0.15) is 33.6 Å². The Morgan fingerprint density at radius 2 is 1.79 bits per heavy atom. The lowest BCUT2D eigenvalue weighted by Gasteiger charge is -2.45. The summed E-state index contributed by atoms with van der Waals surface area (Å²) in [4.78, 5) is 26.5. The number of ether oxygens (including phenoxy) is 1. The molecule has 0 radical (unpaired) electrons. The number of piperidine rings is 1. The Kier molecular flexibility index (Phi) is 7.59. The Balaban J connectivity index is 1.62. The van der Waals surface area contributed by atoms with Crippen molar-refractivity contribution in [2.75, 3.05) is 44.2 Å². The third-order valence-corrected chi connectivity index (χ3v) is 6.11. The van der Waals surface area contributed by atoms with Crippen molar-refractivity contribution in [2.24, 2.45) is 5.92 Å². The van der Waals surface area contributed by atoms with Crippen LogP contribution in [0.4, 0.5) is 33.7 Å². The Hall–Kier alpha value is -2.63. The van der Waals surface area contributed by atoms with Gasteiger partial charge in [-0.2, -0.15) is 13.2 Å². The number of nitro benzene ring substituents is 1. The van der Waals surface area contributed by atoms with Gasteiger partial charge in [-0.3, -0.25) is 15.0 Å². The summed E-state index contributed by atoms with van der Waals surface area (Å²) in [6, 6.07) is 1.18. The van der Waals surface area contributed by atoms with E-state index in [2.05, 4.69) is 0 Å². The van der Waals surface area contributed by atoms with E-state index in [1.807, 2.05) is 0 Å². The van der Waals surface area contributed by atoms with Crippen LogP contribution in [0.25, 0.3) is 0 Å². The smallest absolute Gasteiger partial charge is 0.410 e. The summed E-state index contributed by atoms with van der Waals surface area (Å²) in [6.45, 7) is 6.17. The van der Waals surface area contributed by atoms with Gasteiger partial charge in [-0.25, -0.2) is 9.18 Å². The van der Waals surface area contributed by atoms with Crippen molar-refractivity contribution >= 4 is 17.5 Å². The summed E-state index contributed by atoms with van der Waals surface area (Å²) in [7, 11) is 0. The molecule has 2 aliphatic rings. The van der Waals surface area contributed by atoms with Gasteiger partial charge in [0.15, 0.2) is 5.82 Å². The van der Waals surface area contributed by atoms with E-state index in [0.717, 1.165) is 18.2 Å². The molecule has 2 aliphatic heterocycles. The number of alkyl halides is 3. The molecular weight excluding hydrogens is 460 g/mol. The Labute approximate surface area is 195 Å². The Morgan fingerprint density at radius 1 is 1.15 bits per heavy atom. The largest absolute Gasteiger partial charge is 0.444 e. The van der Waals surface area contributed by atoms with Crippen molar-refractivity contribution in [3.63, 3.8) is 0 Å². The number of nitro groups is 1. The predicted octanol–water partition coefficient (Wildman–Crippen LogP) is 4.43. The standard InChI is InChI=1S/C22H30F4N4O4/c1-21(2,3)34-20(31)27-8-6-15(7-9-27)13-29-11-10-28(14-19(29)22(24,25)26)18-5-4-16(30(32)33)12-17(18)23/h4-5,12,15,19H,6-11,13-14H2,1-3H3. The average molecular weight is 490 g/mol. The second-order valence-corrected chi connectivity index (χ2v) is 9.80. The normalized spacial score (nSPS) is 21.0. The minimum Gasteiger partial charge on any atom is -0.444 e. The van der Waals surface area contributed by atoms with Crippen molar-refractivity contribution in [2.45, 2.75) is 51.4 Å². The lowest BCUT2D eigenvalue weighted by Crippen LogP contribution is -2.60. The van der Waals surface area contributed by atoms with Crippen molar-refractivity contribution in [3.05, 3.63) is 34.1 Å². The zero-order valence-corrected chi connectivity index (χ0v) is 19.5. The summed E-state index contributed by atoms with van der Waals surface area (Å²) >= 11 is 0. The van der Waals surface area contributed by atoms with Crippen LogP contribution in [0.15, 0.2) is 18.2 Å². The van der Waals surface area contributed by atoms with Gasteiger partial charge >= 0.3 is 12.3 Å². The number of hydrogen-bond donors (Lipinski definition) is 0. The SMILES string of the molecule is CC(C)(C)OC(=O)N1CCC(CN2CCN(c3ccc([N+](=O)[O-])cc3F)CC2C(F)(F)F)CC1. The number of piperazine rings is 1. The van der Waals surface area contributed by atoms with E-state index in [1.54, 1.807) is 25.7 Å². The van der Waals surface area contributed by atoms with Crippen molar-refractivity contribution in [1.82, 2.24) is 9.80 Å². The first-order valence-electron chi connectivity index (χ1n) is 11.2. The molecule has 1 aromatic carbocycles. The molecule has 34 heavy (non-hydrogen) atoms. The first-order chi connectivity index (χ1) is 15.7. The van der Waals surface area contributed by atoms with Crippen molar-refractivity contribution < 1.29 is 32.0 Å². The van der Waals surface area contributed by atoms with Crippen LogP contribution in [0, 0.1) is 21.8 Å². The monoisotopic (exact) mass is 490 g/mol. The molecule has 1 unspecified atom stereocenters. The lowest BCUT2D eigenvalue weighted by atomic mass is 9.95. The fourth-order valence-corrected chi connectivity index (χ4v) is 4.39. The zero-order valence-electron chi connectivity index (χ0n) is 19.5.